The van der Waals surface area contributed by atoms with E-state index in [4.69, 9.17) is 33.2 Å². The average molecular weight is 751 g/mol. The summed E-state index contributed by atoms with van der Waals surface area (Å²) in [5, 5.41) is 20.4. The van der Waals surface area contributed by atoms with Crippen molar-refractivity contribution in [2.75, 3.05) is 0 Å². The van der Waals surface area contributed by atoms with Crippen molar-refractivity contribution in [1.29, 1.82) is 0 Å². The first kappa shape index (κ1) is 38.4. The van der Waals surface area contributed by atoms with Gasteiger partial charge in [-0.15, -0.1) is 0 Å². The quantitative estimate of drug-likeness (QED) is 0.0624. The van der Waals surface area contributed by atoms with Crippen LogP contribution in [0.4, 0.5) is 0 Å². The van der Waals surface area contributed by atoms with Gasteiger partial charge in [0.25, 0.3) is 0 Å². The molecular weight excluding hydrogens is 712 g/mol. The van der Waals surface area contributed by atoms with E-state index < -0.39 is 46.9 Å². The third-order valence-corrected chi connectivity index (χ3v) is 8.52. The van der Waals surface area contributed by atoms with Crippen molar-refractivity contribution in [3.05, 3.63) is 109 Å². The highest BCUT2D eigenvalue weighted by Crippen LogP contribution is 2.57. The van der Waals surface area contributed by atoms with Crippen LogP contribution in [0.5, 0.6) is 34.5 Å². The molecule has 3 aromatic carbocycles. The molecule has 0 aromatic heterocycles. The maximum absolute atomic E-state index is 13.6. The van der Waals surface area contributed by atoms with E-state index in [-0.39, 0.29) is 70.4 Å². The second-order valence-electron chi connectivity index (χ2n) is 12.7. The van der Waals surface area contributed by atoms with Gasteiger partial charge in [-0.25, -0.2) is 19.2 Å². The number of phenolic OH excluding ortho intramolecular Hbond substituents is 2. The molecule has 0 bridgehead atoms. The van der Waals surface area contributed by atoms with Crippen LogP contribution in [0.15, 0.2) is 109 Å². The first-order valence-corrected chi connectivity index (χ1v) is 17.4. The van der Waals surface area contributed by atoms with Crippen LogP contribution < -0.4 is 18.9 Å². The molecule has 13 heteroatoms. The second-order valence-corrected chi connectivity index (χ2v) is 12.7. The number of benzene rings is 3. The number of phenols is 2. The van der Waals surface area contributed by atoms with E-state index in [1.54, 1.807) is 19.1 Å². The fraction of sp³-hybridized carbons (Fsp3) is 0.238. The largest absolute Gasteiger partial charge is 0.508 e. The number of rotatable bonds is 14. The molecule has 6 atom stereocenters. The van der Waals surface area contributed by atoms with Crippen molar-refractivity contribution >= 4 is 23.9 Å². The maximum Gasteiger partial charge on any atom is 0.336 e. The Morgan fingerprint density at radius 3 is 1.07 bits per heavy atom. The van der Waals surface area contributed by atoms with Gasteiger partial charge in [0.15, 0.2) is 23.0 Å². The minimum Gasteiger partial charge on any atom is -0.508 e. The first-order valence-electron chi connectivity index (χ1n) is 17.4. The van der Waals surface area contributed by atoms with Gasteiger partial charge in [-0.1, -0.05) is 42.5 Å². The summed E-state index contributed by atoms with van der Waals surface area (Å²) in [5.74, 6) is -5.62. The fourth-order valence-electron chi connectivity index (χ4n) is 5.35. The van der Waals surface area contributed by atoms with E-state index in [1.807, 2.05) is 20.8 Å². The zero-order valence-electron chi connectivity index (χ0n) is 30.2. The Balaban J connectivity index is 1.65. The number of esters is 4. The normalized spacial score (nSPS) is 22.8. The lowest BCUT2D eigenvalue weighted by molar-refractivity contribution is -0.132. The molecule has 3 saturated heterocycles. The van der Waals surface area contributed by atoms with Crippen LogP contribution in [0.3, 0.4) is 0 Å². The number of hydrogen-bond donors (Lipinski definition) is 2. The van der Waals surface area contributed by atoms with Crippen LogP contribution in [0.2, 0.25) is 0 Å². The average Bonchev–Trinajstić information content (AvgIpc) is 4.11. The molecule has 55 heavy (non-hydrogen) atoms. The van der Waals surface area contributed by atoms with Crippen molar-refractivity contribution < 1.29 is 62.5 Å². The molecule has 3 aliphatic rings. The molecule has 13 nitrogen and oxygen atoms in total. The molecule has 0 unspecified atom stereocenters. The van der Waals surface area contributed by atoms with Gasteiger partial charge < -0.3 is 43.4 Å². The standard InChI is InChI=1S/C42H38O13/c1-5-6-7-8-33(45)52-39-37(26-9-13-28(43)14-10-26)41(54-35(47)21-18-31-24(3)50-31)42(55-36(48)22-19-32-25(4)51-32)38(27-11-15-29(44)16-12-27)40(39)53-34(46)20-17-30-23(2)49-30/h5-25,30-32,43-44H,1-4H3/b6-5+,8-7-,20-17-,21-18-,22-19-/t23-,24+,25-,30-,31+,32-/m1/s1. The first-order chi connectivity index (χ1) is 26.4. The lowest BCUT2D eigenvalue weighted by Crippen LogP contribution is -2.16. The molecule has 2 N–H and O–H groups in total. The highest BCUT2D eigenvalue weighted by atomic mass is 16.6. The van der Waals surface area contributed by atoms with Gasteiger partial charge in [0.05, 0.1) is 29.4 Å². The van der Waals surface area contributed by atoms with Gasteiger partial charge in [-0.2, -0.15) is 0 Å². The molecule has 284 valence electrons. The van der Waals surface area contributed by atoms with Crippen LogP contribution >= 0.6 is 0 Å². The molecule has 0 amide bonds. The van der Waals surface area contributed by atoms with E-state index in [0.717, 1.165) is 24.3 Å². The molecule has 6 rings (SSSR count). The zero-order chi connectivity index (χ0) is 39.2. The number of ether oxygens (including phenoxy) is 7. The highest BCUT2D eigenvalue weighted by molar-refractivity contribution is 6.01. The summed E-state index contributed by atoms with van der Waals surface area (Å²) >= 11 is 0. The van der Waals surface area contributed by atoms with E-state index in [9.17, 15) is 29.4 Å². The van der Waals surface area contributed by atoms with Crippen molar-refractivity contribution in [1.82, 2.24) is 0 Å². The van der Waals surface area contributed by atoms with Crippen molar-refractivity contribution in [2.24, 2.45) is 0 Å². The van der Waals surface area contributed by atoms with Crippen LogP contribution in [0.1, 0.15) is 27.7 Å². The molecule has 0 saturated carbocycles. The smallest absolute Gasteiger partial charge is 0.336 e. The Morgan fingerprint density at radius 1 is 0.509 bits per heavy atom. The van der Waals surface area contributed by atoms with Crippen molar-refractivity contribution in [3.63, 3.8) is 0 Å². The van der Waals surface area contributed by atoms with Crippen LogP contribution in [0, 0.1) is 0 Å². The van der Waals surface area contributed by atoms with Crippen molar-refractivity contribution in [2.45, 2.75) is 64.3 Å². The summed E-state index contributed by atoms with van der Waals surface area (Å²) in [6, 6.07) is 11.0. The van der Waals surface area contributed by atoms with Gasteiger partial charge in [0.2, 0.25) is 0 Å². The van der Waals surface area contributed by atoms with Crippen molar-refractivity contribution in [3.8, 4) is 56.8 Å². The molecule has 3 aromatic rings. The van der Waals surface area contributed by atoms with Crippen LogP contribution in [0.25, 0.3) is 22.3 Å². The van der Waals surface area contributed by atoms with E-state index in [0.29, 0.717) is 0 Å². The lowest BCUT2D eigenvalue weighted by atomic mass is 9.94. The minimum absolute atomic E-state index is 0.112. The number of carbonyl (C=O) groups excluding carboxylic acids is 4. The number of allylic oxidation sites excluding steroid dienone is 3. The highest BCUT2D eigenvalue weighted by Gasteiger charge is 2.37. The third-order valence-electron chi connectivity index (χ3n) is 8.52. The van der Waals surface area contributed by atoms with Gasteiger partial charge >= 0.3 is 23.9 Å². The number of epoxide rings is 3. The summed E-state index contributed by atoms with van der Waals surface area (Å²) in [6.07, 6.45) is 12.4. The SMILES string of the molecule is C/C=C/C=C\C(=O)Oc1c(OC(=O)/C=C\[C@H]2O[C@@H]2C)c(-c2ccc(O)cc2)c(OC(=O)/C=C\[C@H]2O[C@@H]2C)c(OC(=O)/C=C\[C@@H]2O[C@H]2C)c1-c1ccc(O)cc1. The predicted molar refractivity (Wildman–Crippen MR) is 198 cm³/mol. The fourth-order valence-corrected chi connectivity index (χ4v) is 5.35. The minimum atomic E-state index is -0.927. The van der Waals surface area contributed by atoms with Gasteiger partial charge in [0, 0.05) is 24.3 Å². The molecule has 3 aliphatic heterocycles. The second kappa shape index (κ2) is 16.8. The lowest BCUT2D eigenvalue weighted by Gasteiger charge is -2.24. The molecule has 3 heterocycles. The summed E-state index contributed by atoms with van der Waals surface area (Å²) < 4.78 is 40.1. The Kier molecular flexibility index (Phi) is 11.7. The van der Waals surface area contributed by atoms with Gasteiger partial charge in [-0.3, -0.25) is 0 Å². The van der Waals surface area contributed by atoms with Crippen LogP contribution in [-0.2, 0) is 33.4 Å². The van der Waals surface area contributed by atoms with E-state index >= 15 is 0 Å². The summed E-state index contributed by atoms with van der Waals surface area (Å²) in [5.41, 5.74) is 0.0401. The Morgan fingerprint density at radius 2 is 0.800 bits per heavy atom. The number of hydrogen-bond acceptors (Lipinski definition) is 13. The third kappa shape index (κ3) is 10.0. The summed E-state index contributed by atoms with van der Waals surface area (Å²) in [6.45, 7) is 7.22. The summed E-state index contributed by atoms with van der Waals surface area (Å²) in [4.78, 5) is 54.2. The topological polar surface area (TPSA) is 183 Å². The Labute approximate surface area is 316 Å². The molecule has 0 aliphatic carbocycles. The van der Waals surface area contributed by atoms with Gasteiger partial charge in [-0.05, 0) is 81.3 Å². The van der Waals surface area contributed by atoms with E-state index in [1.165, 1.54) is 72.8 Å². The zero-order valence-corrected chi connectivity index (χ0v) is 30.2. The molecule has 3 fully saturated rings. The van der Waals surface area contributed by atoms with E-state index in [2.05, 4.69) is 0 Å². The predicted octanol–water partition coefficient (Wildman–Crippen LogP) is 6.22. The Bertz CT molecular complexity index is 2110. The summed E-state index contributed by atoms with van der Waals surface area (Å²) in [7, 11) is 0. The molecular formula is C42H38O13. The van der Waals surface area contributed by atoms with Crippen LogP contribution in [-0.4, -0.2) is 70.7 Å². The van der Waals surface area contributed by atoms with Gasteiger partial charge in [0.1, 0.15) is 29.8 Å². The number of aromatic hydroxyl groups is 2. The molecule has 0 radical (unpaired) electrons. The maximum atomic E-state index is 13.6. The monoisotopic (exact) mass is 750 g/mol. The molecule has 0 spiro atoms. The Hall–Kier alpha value is -6.28. The number of carbonyl (C=O) groups is 4.